The topological polar surface area (TPSA) is 75.1 Å². The van der Waals surface area contributed by atoms with E-state index in [1.807, 2.05) is 62.5 Å². The second kappa shape index (κ2) is 10.3. The first-order valence-corrected chi connectivity index (χ1v) is 12.3. The maximum atomic E-state index is 10.2. The fraction of sp³-hybridized carbons (Fsp3) is 0.194. The quantitative estimate of drug-likeness (QED) is 0.307. The third-order valence-corrected chi connectivity index (χ3v) is 6.84. The van der Waals surface area contributed by atoms with Gasteiger partial charge in [-0.3, -0.25) is 4.98 Å². The summed E-state index contributed by atoms with van der Waals surface area (Å²) in [5, 5.41) is 20.2. The van der Waals surface area contributed by atoms with Crippen LogP contribution in [0.25, 0.3) is 11.1 Å². The Morgan fingerprint density at radius 2 is 1.68 bits per heavy atom. The van der Waals surface area contributed by atoms with Gasteiger partial charge in [0.25, 0.3) is 0 Å². The zero-order valence-electron chi connectivity index (χ0n) is 21.1. The molecule has 6 heteroatoms. The minimum atomic E-state index is -0.385. The number of phenols is 2. The van der Waals surface area contributed by atoms with E-state index in [-0.39, 0.29) is 23.6 Å². The Balaban J connectivity index is 1.39. The summed E-state index contributed by atoms with van der Waals surface area (Å²) in [6.07, 6.45) is 3.19. The van der Waals surface area contributed by atoms with Gasteiger partial charge in [-0.05, 0) is 85.1 Å². The zero-order valence-corrected chi connectivity index (χ0v) is 21.1. The molecule has 0 saturated heterocycles. The Hall–Kier alpha value is -4.45. The third-order valence-electron chi connectivity index (χ3n) is 6.84. The van der Waals surface area contributed by atoms with E-state index in [2.05, 4.69) is 16.8 Å². The summed E-state index contributed by atoms with van der Waals surface area (Å²) >= 11 is 0. The summed E-state index contributed by atoms with van der Waals surface area (Å²) in [6, 6.07) is 24.4. The van der Waals surface area contributed by atoms with Gasteiger partial charge in [0.05, 0.1) is 6.04 Å². The number of nitrogens with zero attached hydrogens (tertiary/aromatic N) is 2. The molecule has 1 aliphatic heterocycles. The molecule has 0 spiro atoms. The molecule has 5 rings (SSSR count). The number of aromatic hydroxyl groups is 2. The van der Waals surface area contributed by atoms with E-state index in [4.69, 9.17) is 9.47 Å². The summed E-state index contributed by atoms with van der Waals surface area (Å²) in [5.41, 5.74) is 5.68. The molecule has 1 unspecified atom stereocenters. The van der Waals surface area contributed by atoms with Crippen molar-refractivity contribution in [2.45, 2.75) is 26.0 Å². The lowest BCUT2D eigenvalue weighted by atomic mass is 9.86. The Bertz CT molecular complexity index is 1420. The number of aromatic nitrogens is 1. The molecule has 6 nitrogen and oxygen atoms in total. The van der Waals surface area contributed by atoms with Crippen molar-refractivity contribution in [2.24, 2.45) is 0 Å². The van der Waals surface area contributed by atoms with Crippen molar-refractivity contribution in [3.63, 3.8) is 0 Å². The first-order chi connectivity index (χ1) is 17.9. The van der Waals surface area contributed by atoms with Crippen molar-refractivity contribution >= 4 is 16.8 Å². The number of hydrogen-bond donors (Lipinski definition) is 2. The van der Waals surface area contributed by atoms with E-state index in [0.717, 1.165) is 39.3 Å². The number of rotatable bonds is 7. The molecule has 0 radical (unpaired) electrons. The van der Waals surface area contributed by atoms with Crippen LogP contribution in [0.1, 0.15) is 36.6 Å². The molecule has 1 aliphatic rings. The van der Waals surface area contributed by atoms with Crippen LogP contribution in [0.5, 0.6) is 23.0 Å². The van der Waals surface area contributed by atoms with Gasteiger partial charge >= 0.3 is 0 Å². The molecule has 2 heterocycles. The van der Waals surface area contributed by atoms with Crippen molar-refractivity contribution in [1.82, 2.24) is 4.98 Å². The molecule has 37 heavy (non-hydrogen) atoms. The average Bonchev–Trinajstić information content (AvgIpc) is 2.92. The minimum Gasteiger partial charge on any atom is -0.508 e. The van der Waals surface area contributed by atoms with Crippen molar-refractivity contribution in [2.75, 3.05) is 18.6 Å². The highest BCUT2D eigenvalue weighted by atomic mass is 16.5. The van der Waals surface area contributed by atoms with Crippen molar-refractivity contribution in [3.05, 3.63) is 108 Å². The second-order valence-electron chi connectivity index (χ2n) is 9.31. The van der Waals surface area contributed by atoms with Gasteiger partial charge in [0, 0.05) is 36.3 Å². The minimum absolute atomic E-state index is 0.166. The van der Waals surface area contributed by atoms with Crippen LogP contribution in [0, 0.1) is 0 Å². The lowest BCUT2D eigenvalue weighted by molar-refractivity contribution is 0.259. The highest BCUT2D eigenvalue weighted by Crippen LogP contribution is 2.47. The van der Waals surface area contributed by atoms with Gasteiger partial charge in [0.15, 0.2) is 0 Å². The van der Waals surface area contributed by atoms with Gasteiger partial charge in [0.1, 0.15) is 35.7 Å². The smallest absolute Gasteiger partial charge is 0.150 e. The maximum Gasteiger partial charge on any atom is 0.150 e. The van der Waals surface area contributed by atoms with E-state index in [9.17, 15) is 10.2 Å². The normalized spacial score (nSPS) is 15.5. The van der Waals surface area contributed by atoms with Crippen LogP contribution < -0.4 is 14.4 Å². The van der Waals surface area contributed by atoms with Crippen LogP contribution in [0.4, 0.5) is 5.69 Å². The highest BCUT2D eigenvalue weighted by molar-refractivity contribution is 5.95. The number of anilines is 1. The lowest BCUT2D eigenvalue weighted by Gasteiger charge is -2.31. The number of benzene rings is 3. The number of hydrogen-bond acceptors (Lipinski definition) is 6. The highest BCUT2D eigenvalue weighted by Gasteiger charge is 2.29. The first kappa shape index (κ1) is 24.3. The summed E-state index contributed by atoms with van der Waals surface area (Å²) in [5.74, 6) is 1.85. The van der Waals surface area contributed by atoms with E-state index < -0.39 is 0 Å². The molecule has 0 amide bonds. The molecular weight excluding hydrogens is 464 g/mol. The Labute approximate surface area is 217 Å². The van der Waals surface area contributed by atoms with Gasteiger partial charge in [-0.1, -0.05) is 24.3 Å². The molecule has 2 N–H and O–H groups in total. The Kier molecular flexibility index (Phi) is 6.73. The van der Waals surface area contributed by atoms with Crippen molar-refractivity contribution in [1.29, 1.82) is 0 Å². The van der Waals surface area contributed by atoms with E-state index in [1.165, 1.54) is 0 Å². The second-order valence-corrected chi connectivity index (χ2v) is 9.31. The largest absolute Gasteiger partial charge is 0.508 e. The van der Waals surface area contributed by atoms with Crippen LogP contribution in [0.3, 0.4) is 0 Å². The van der Waals surface area contributed by atoms with Crippen LogP contribution in [-0.2, 0) is 0 Å². The average molecular weight is 495 g/mol. The summed E-state index contributed by atoms with van der Waals surface area (Å²) in [6.45, 7) is 4.67. The molecule has 0 fully saturated rings. The maximum absolute atomic E-state index is 10.2. The molecule has 3 aromatic carbocycles. The standard InChI is InChI=1S/C31H30N2O4/c1-20(33(3)24-13-15-32-16-14-24)19-36-27-10-7-22(8-11-27)31-30(23-5-4-6-25(34)17-23)21(2)28-18-26(35)9-12-29(28)37-31/h4-18,20,31,34-35H,19H2,1-3H3/t20-,31?/m0/s1. The SMILES string of the molecule is CC1=C(c2cccc(O)c2)C(c2ccc(OC[C@H](C)N(C)c3ccncc3)cc2)Oc2ccc(O)cc21. The predicted octanol–water partition coefficient (Wildman–Crippen LogP) is 6.46. The van der Waals surface area contributed by atoms with Crippen LogP contribution in [0.15, 0.2) is 91.3 Å². The van der Waals surface area contributed by atoms with Gasteiger partial charge < -0.3 is 24.6 Å². The number of ether oxygens (including phenoxy) is 2. The number of fused-ring (bicyclic) bond motifs is 1. The monoisotopic (exact) mass is 494 g/mol. The van der Waals surface area contributed by atoms with E-state index in [0.29, 0.717) is 12.4 Å². The molecule has 188 valence electrons. The van der Waals surface area contributed by atoms with Gasteiger partial charge in [-0.15, -0.1) is 0 Å². The number of pyridine rings is 1. The van der Waals surface area contributed by atoms with Crippen LogP contribution in [0.2, 0.25) is 0 Å². The van der Waals surface area contributed by atoms with Crippen molar-refractivity contribution in [3.8, 4) is 23.0 Å². The fourth-order valence-corrected chi connectivity index (χ4v) is 4.62. The Morgan fingerprint density at radius 1 is 0.946 bits per heavy atom. The van der Waals surface area contributed by atoms with Crippen molar-refractivity contribution < 1.29 is 19.7 Å². The summed E-state index contributed by atoms with van der Waals surface area (Å²) in [7, 11) is 2.04. The summed E-state index contributed by atoms with van der Waals surface area (Å²) in [4.78, 5) is 6.25. The van der Waals surface area contributed by atoms with Gasteiger partial charge in [0.2, 0.25) is 0 Å². The summed E-state index contributed by atoms with van der Waals surface area (Å²) < 4.78 is 12.6. The third kappa shape index (κ3) is 5.09. The van der Waals surface area contributed by atoms with Gasteiger partial charge in [-0.2, -0.15) is 0 Å². The van der Waals surface area contributed by atoms with Gasteiger partial charge in [-0.25, -0.2) is 0 Å². The molecule has 2 atom stereocenters. The van der Waals surface area contributed by atoms with E-state index >= 15 is 0 Å². The molecular formula is C31H30N2O4. The van der Waals surface area contributed by atoms with Crippen LogP contribution >= 0.6 is 0 Å². The lowest BCUT2D eigenvalue weighted by Crippen LogP contribution is -2.34. The number of likely N-dealkylation sites (N-methyl/N-ethyl adjacent to an activating group) is 1. The zero-order chi connectivity index (χ0) is 25.9. The molecule has 4 aromatic rings. The fourth-order valence-electron chi connectivity index (χ4n) is 4.62. The first-order valence-electron chi connectivity index (χ1n) is 12.3. The molecule has 0 aliphatic carbocycles. The van der Waals surface area contributed by atoms with Crippen LogP contribution in [-0.4, -0.2) is 34.9 Å². The molecule has 1 aromatic heterocycles. The Morgan fingerprint density at radius 3 is 2.41 bits per heavy atom. The molecule has 0 saturated carbocycles. The number of phenolic OH excluding ortho intramolecular Hbond substituents is 2. The van der Waals surface area contributed by atoms with E-state index in [1.54, 1.807) is 42.7 Å². The molecule has 0 bridgehead atoms. The number of allylic oxidation sites excluding steroid dienone is 1. The predicted molar refractivity (Wildman–Crippen MR) is 146 cm³/mol.